The normalized spacial score (nSPS) is 10.6. The molecule has 1 heterocycles. The van der Waals surface area contributed by atoms with E-state index < -0.39 is 5.91 Å². The van der Waals surface area contributed by atoms with E-state index in [0.29, 0.717) is 23.3 Å². The summed E-state index contributed by atoms with van der Waals surface area (Å²) in [5.74, 6) is -0.276. The average molecular weight is 364 g/mol. The van der Waals surface area contributed by atoms with Crippen molar-refractivity contribution >= 4 is 22.7 Å². The molecule has 138 valence electrons. The van der Waals surface area contributed by atoms with E-state index in [1.54, 1.807) is 31.2 Å². The van der Waals surface area contributed by atoms with Gasteiger partial charge in [-0.1, -0.05) is 42.5 Å². The standard InChI is InChI=1S/C20H20N4O3/c1-14-23-17-10-6-5-9-16(17)20(27)24(14)13-19(26)22-12-18(25)21-11-15-7-3-2-4-8-15/h2-10H,11-13H2,1H3,(H,21,25)(H,22,26). The van der Waals surface area contributed by atoms with E-state index in [1.165, 1.54) is 4.57 Å². The molecule has 2 amide bonds. The number of hydrogen-bond acceptors (Lipinski definition) is 4. The van der Waals surface area contributed by atoms with Gasteiger partial charge in [-0.3, -0.25) is 19.0 Å². The van der Waals surface area contributed by atoms with Gasteiger partial charge in [0.25, 0.3) is 5.56 Å². The predicted molar refractivity (Wildman–Crippen MR) is 102 cm³/mol. The molecule has 0 unspecified atom stereocenters. The molecule has 0 fully saturated rings. The number of carbonyl (C=O) groups excluding carboxylic acids is 2. The lowest BCUT2D eigenvalue weighted by molar-refractivity contribution is -0.126. The lowest BCUT2D eigenvalue weighted by Crippen LogP contribution is -2.39. The van der Waals surface area contributed by atoms with Crippen LogP contribution in [0.3, 0.4) is 0 Å². The van der Waals surface area contributed by atoms with Crippen molar-refractivity contribution in [3.8, 4) is 0 Å². The molecule has 0 bridgehead atoms. The molecule has 0 saturated heterocycles. The van der Waals surface area contributed by atoms with Crippen molar-refractivity contribution in [1.82, 2.24) is 20.2 Å². The molecule has 2 aromatic carbocycles. The second-order valence-electron chi connectivity index (χ2n) is 6.11. The highest BCUT2D eigenvalue weighted by molar-refractivity contribution is 5.85. The van der Waals surface area contributed by atoms with Gasteiger partial charge in [-0.25, -0.2) is 4.98 Å². The van der Waals surface area contributed by atoms with Crippen LogP contribution < -0.4 is 16.2 Å². The van der Waals surface area contributed by atoms with Crippen molar-refractivity contribution in [2.24, 2.45) is 0 Å². The van der Waals surface area contributed by atoms with Crippen molar-refractivity contribution in [3.63, 3.8) is 0 Å². The maximum Gasteiger partial charge on any atom is 0.261 e. The number of amides is 2. The van der Waals surface area contributed by atoms with Gasteiger partial charge < -0.3 is 10.6 Å². The summed E-state index contributed by atoms with van der Waals surface area (Å²) in [6.45, 7) is 1.73. The SMILES string of the molecule is Cc1nc2ccccc2c(=O)n1CC(=O)NCC(=O)NCc1ccccc1. The first-order chi connectivity index (χ1) is 13.0. The van der Waals surface area contributed by atoms with E-state index in [9.17, 15) is 14.4 Å². The smallest absolute Gasteiger partial charge is 0.261 e. The molecule has 1 aromatic heterocycles. The second-order valence-corrected chi connectivity index (χ2v) is 6.11. The molecule has 0 atom stereocenters. The molecule has 3 aromatic rings. The maximum atomic E-state index is 12.5. The summed E-state index contributed by atoms with van der Waals surface area (Å²) in [5, 5.41) is 5.72. The van der Waals surface area contributed by atoms with Gasteiger partial charge in [-0.15, -0.1) is 0 Å². The minimum absolute atomic E-state index is 0.152. The number of aromatic nitrogens is 2. The molecule has 27 heavy (non-hydrogen) atoms. The van der Waals surface area contributed by atoms with Gasteiger partial charge in [0.05, 0.1) is 17.4 Å². The molecule has 0 spiro atoms. The minimum Gasteiger partial charge on any atom is -0.350 e. The number of carbonyl (C=O) groups is 2. The van der Waals surface area contributed by atoms with E-state index in [0.717, 1.165) is 5.56 Å². The van der Waals surface area contributed by atoms with Crippen LogP contribution in [0, 0.1) is 6.92 Å². The Bertz CT molecular complexity index is 1030. The third-order valence-corrected chi connectivity index (χ3v) is 4.13. The average Bonchev–Trinajstić information content (AvgIpc) is 2.69. The molecule has 0 saturated carbocycles. The summed E-state index contributed by atoms with van der Waals surface area (Å²) in [4.78, 5) is 40.9. The zero-order chi connectivity index (χ0) is 19.2. The Morgan fingerprint density at radius 2 is 1.67 bits per heavy atom. The lowest BCUT2D eigenvalue weighted by Gasteiger charge is -2.11. The van der Waals surface area contributed by atoms with Crippen LogP contribution in [0.1, 0.15) is 11.4 Å². The Labute approximate surface area is 156 Å². The van der Waals surface area contributed by atoms with Crippen LogP contribution in [0.2, 0.25) is 0 Å². The molecule has 0 aliphatic carbocycles. The van der Waals surface area contributed by atoms with E-state index in [4.69, 9.17) is 0 Å². The Kier molecular flexibility index (Phi) is 5.61. The predicted octanol–water partition coefficient (Wildman–Crippen LogP) is 1.14. The molecule has 7 nitrogen and oxygen atoms in total. The van der Waals surface area contributed by atoms with Crippen LogP contribution >= 0.6 is 0 Å². The zero-order valence-electron chi connectivity index (χ0n) is 14.9. The Morgan fingerprint density at radius 3 is 2.44 bits per heavy atom. The number of nitrogens with zero attached hydrogens (tertiary/aromatic N) is 2. The summed E-state index contributed by atoms with van der Waals surface area (Å²) in [7, 11) is 0. The van der Waals surface area contributed by atoms with Crippen LogP contribution in [0.5, 0.6) is 0 Å². The van der Waals surface area contributed by atoms with E-state index >= 15 is 0 Å². The van der Waals surface area contributed by atoms with Crippen LogP contribution in [0.15, 0.2) is 59.4 Å². The fourth-order valence-electron chi connectivity index (χ4n) is 2.70. The number of fused-ring (bicyclic) bond motifs is 1. The third-order valence-electron chi connectivity index (χ3n) is 4.13. The second kappa shape index (κ2) is 8.27. The van der Waals surface area contributed by atoms with Crippen molar-refractivity contribution in [3.05, 3.63) is 76.3 Å². The van der Waals surface area contributed by atoms with Crippen molar-refractivity contribution in [1.29, 1.82) is 0 Å². The molecule has 0 aliphatic rings. The molecule has 0 radical (unpaired) electrons. The molecular weight excluding hydrogens is 344 g/mol. The van der Waals surface area contributed by atoms with E-state index in [2.05, 4.69) is 15.6 Å². The summed E-state index contributed by atoms with van der Waals surface area (Å²) in [6, 6.07) is 16.5. The minimum atomic E-state index is -0.424. The van der Waals surface area contributed by atoms with Crippen molar-refractivity contribution in [2.75, 3.05) is 6.54 Å². The largest absolute Gasteiger partial charge is 0.350 e. The molecular formula is C20H20N4O3. The summed E-state index contributed by atoms with van der Waals surface area (Å²) in [5.41, 5.74) is 1.29. The molecule has 7 heteroatoms. The number of benzene rings is 2. The van der Waals surface area contributed by atoms with Crippen molar-refractivity contribution in [2.45, 2.75) is 20.0 Å². The van der Waals surface area contributed by atoms with Gasteiger partial charge in [-0.2, -0.15) is 0 Å². The number of aryl methyl sites for hydroxylation is 1. The quantitative estimate of drug-likeness (QED) is 0.686. The van der Waals surface area contributed by atoms with Crippen LogP contribution in [0.4, 0.5) is 0 Å². The van der Waals surface area contributed by atoms with Gasteiger partial charge in [0.15, 0.2) is 0 Å². The van der Waals surface area contributed by atoms with Gasteiger partial charge in [0.1, 0.15) is 12.4 Å². The van der Waals surface area contributed by atoms with Crippen LogP contribution in [-0.4, -0.2) is 27.9 Å². The Balaban J connectivity index is 1.57. The topological polar surface area (TPSA) is 93.1 Å². The lowest BCUT2D eigenvalue weighted by atomic mass is 10.2. The molecule has 0 aliphatic heterocycles. The fraction of sp³-hybridized carbons (Fsp3) is 0.200. The van der Waals surface area contributed by atoms with Gasteiger partial charge in [-0.05, 0) is 24.6 Å². The summed E-state index contributed by atoms with van der Waals surface area (Å²) in [6.07, 6.45) is 0. The summed E-state index contributed by atoms with van der Waals surface area (Å²) < 4.78 is 1.31. The van der Waals surface area contributed by atoms with Gasteiger partial charge >= 0.3 is 0 Å². The fourth-order valence-corrected chi connectivity index (χ4v) is 2.70. The number of nitrogens with one attached hydrogen (secondary N) is 2. The number of para-hydroxylation sites is 1. The Hall–Kier alpha value is -3.48. The highest BCUT2D eigenvalue weighted by Crippen LogP contribution is 2.07. The molecule has 2 N–H and O–H groups in total. The highest BCUT2D eigenvalue weighted by atomic mass is 16.2. The first-order valence-corrected chi connectivity index (χ1v) is 8.58. The van der Waals surface area contributed by atoms with Crippen LogP contribution in [0.25, 0.3) is 10.9 Å². The third kappa shape index (κ3) is 4.58. The zero-order valence-corrected chi connectivity index (χ0v) is 14.9. The van der Waals surface area contributed by atoms with Crippen molar-refractivity contribution < 1.29 is 9.59 Å². The highest BCUT2D eigenvalue weighted by Gasteiger charge is 2.12. The molecule has 3 rings (SSSR count). The van der Waals surface area contributed by atoms with Gasteiger partial charge in [0.2, 0.25) is 11.8 Å². The van der Waals surface area contributed by atoms with Gasteiger partial charge in [0, 0.05) is 6.54 Å². The van der Waals surface area contributed by atoms with E-state index in [1.807, 2.05) is 30.3 Å². The van der Waals surface area contributed by atoms with E-state index in [-0.39, 0.29) is 24.6 Å². The number of rotatable bonds is 6. The Morgan fingerprint density at radius 1 is 0.963 bits per heavy atom. The maximum absolute atomic E-state index is 12.5. The van der Waals surface area contributed by atoms with Crippen LogP contribution in [-0.2, 0) is 22.7 Å². The summed E-state index contributed by atoms with van der Waals surface area (Å²) >= 11 is 0. The first-order valence-electron chi connectivity index (χ1n) is 8.58. The number of hydrogen-bond donors (Lipinski definition) is 2. The first kappa shape index (κ1) is 18.3. The monoisotopic (exact) mass is 364 g/mol.